The van der Waals surface area contributed by atoms with E-state index >= 15 is 0 Å². The molecule has 0 aliphatic heterocycles. The lowest BCUT2D eigenvalue weighted by Gasteiger charge is -2.14. The second kappa shape index (κ2) is 9.38. The fraction of sp³-hybridized carbons (Fsp3) is 0.533. The number of anilines is 1. The predicted octanol–water partition coefficient (Wildman–Crippen LogP) is 1.84. The number of hydrogen-bond acceptors (Lipinski definition) is 5. The molecule has 6 nitrogen and oxygen atoms in total. The molecular formula is C15H24ClN3O3. The molecule has 0 spiro atoms. The average molecular weight is 330 g/mol. The standard InChI is InChI=1S/C15H24ClN3O3/c1-19(2)8-7-18-15(20)5-6-17-12-10-13(21-3)11(16)9-14(12)22-4/h9-10,17H,5-8H2,1-4H3,(H,18,20). The van der Waals surface area contributed by atoms with Crippen molar-refractivity contribution in [1.82, 2.24) is 10.2 Å². The highest BCUT2D eigenvalue weighted by Crippen LogP contribution is 2.35. The molecule has 0 unspecified atom stereocenters. The Morgan fingerprint density at radius 2 is 1.86 bits per heavy atom. The zero-order valence-corrected chi connectivity index (χ0v) is 14.3. The Bertz CT molecular complexity index is 495. The molecule has 124 valence electrons. The van der Waals surface area contributed by atoms with Crippen molar-refractivity contribution in [2.24, 2.45) is 0 Å². The maximum atomic E-state index is 11.7. The minimum atomic E-state index is 0.00856. The molecule has 0 aliphatic carbocycles. The van der Waals surface area contributed by atoms with Gasteiger partial charge in [0, 0.05) is 38.2 Å². The molecule has 0 radical (unpaired) electrons. The summed E-state index contributed by atoms with van der Waals surface area (Å²) in [6.07, 6.45) is 0.377. The quantitative estimate of drug-likeness (QED) is 0.724. The molecule has 22 heavy (non-hydrogen) atoms. The largest absolute Gasteiger partial charge is 0.495 e. The van der Waals surface area contributed by atoms with Crippen LogP contribution in [-0.2, 0) is 4.79 Å². The second-order valence-corrected chi connectivity index (χ2v) is 5.42. The van der Waals surface area contributed by atoms with E-state index in [1.54, 1.807) is 26.4 Å². The predicted molar refractivity (Wildman–Crippen MR) is 89.2 cm³/mol. The highest BCUT2D eigenvalue weighted by Gasteiger charge is 2.10. The van der Waals surface area contributed by atoms with Crippen molar-refractivity contribution in [3.05, 3.63) is 17.2 Å². The van der Waals surface area contributed by atoms with Crippen LogP contribution in [0.2, 0.25) is 5.02 Å². The van der Waals surface area contributed by atoms with E-state index in [2.05, 4.69) is 10.6 Å². The van der Waals surface area contributed by atoms with Crippen LogP contribution in [0.1, 0.15) is 6.42 Å². The van der Waals surface area contributed by atoms with E-state index in [0.29, 0.717) is 36.0 Å². The van der Waals surface area contributed by atoms with Crippen LogP contribution >= 0.6 is 11.6 Å². The number of likely N-dealkylation sites (N-methyl/N-ethyl adjacent to an activating group) is 1. The van der Waals surface area contributed by atoms with Gasteiger partial charge in [-0.2, -0.15) is 0 Å². The number of ether oxygens (including phenoxy) is 2. The molecule has 7 heteroatoms. The highest BCUT2D eigenvalue weighted by molar-refractivity contribution is 6.32. The summed E-state index contributed by atoms with van der Waals surface area (Å²) in [6.45, 7) is 1.96. The molecule has 2 N–H and O–H groups in total. The van der Waals surface area contributed by atoms with Gasteiger partial charge < -0.3 is 25.0 Å². The van der Waals surface area contributed by atoms with Crippen LogP contribution in [0.5, 0.6) is 11.5 Å². The van der Waals surface area contributed by atoms with Gasteiger partial charge in [-0.25, -0.2) is 0 Å². The van der Waals surface area contributed by atoms with Gasteiger partial charge in [0.15, 0.2) is 0 Å². The van der Waals surface area contributed by atoms with Gasteiger partial charge in [0.2, 0.25) is 5.91 Å². The fourth-order valence-corrected chi connectivity index (χ4v) is 2.05. The lowest BCUT2D eigenvalue weighted by Crippen LogP contribution is -2.32. The number of methoxy groups -OCH3 is 2. The maximum absolute atomic E-state index is 11.7. The third-order valence-electron chi connectivity index (χ3n) is 3.02. The number of rotatable bonds is 9. The molecule has 0 saturated carbocycles. The van der Waals surface area contributed by atoms with E-state index in [0.717, 1.165) is 12.2 Å². The summed E-state index contributed by atoms with van der Waals surface area (Å²) in [4.78, 5) is 13.7. The van der Waals surface area contributed by atoms with Crippen molar-refractivity contribution in [2.75, 3.05) is 53.3 Å². The summed E-state index contributed by atoms with van der Waals surface area (Å²) in [6, 6.07) is 3.44. The zero-order chi connectivity index (χ0) is 16.5. The molecule has 1 rings (SSSR count). The van der Waals surface area contributed by atoms with Gasteiger partial charge in [0.25, 0.3) is 0 Å². The topological polar surface area (TPSA) is 62.8 Å². The third kappa shape index (κ3) is 5.99. The normalized spacial score (nSPS) is 10.5. The summed E-state index contributed by atoms with van der Waals surface area (Å²) in [5.41, 5.74) is 0.741. The number of halogens is 1. The van der Waals surface area contributed by atoms with Crippen molar-refractivity contribution < 1.29 is 14.3 Å². The number of carbonyl (C=O) groups is 1. The molecule has 1 amide bonds. The van der Waals surface area contributed by atoms with E-state index < -0.39 is 0 Å². The molecule has 1 aromatic rings. The summed E-state index contributed by atoms with van der Waals surface area (Å²) in [5.74, 6) is 1.17. The van der Waals surface area contributed by atoms with Crippen LogP contribution in [-0.4, -0.2) is 58.8 Å². The van der Waals surface area contributed by atoms with Crippen LogP contribution in [0, 0.1) is 0 Å². The minimum Gasteiger partial charge on any atom is -0.495 e. The molecule has 0 aromatic heterocycles. The monoisotopic (exact) mass is 329 g/mol. The zero-order valence-electron chi connectivity index (χ0n) is 13.5. The van der Waals surface area contributed by atoms with Crippen molar-refractivity contribution in [3.8, 4) is 11.5 Å². The van der Waals surface area contributed by atoms with Gasteiger partial charge in [-0.3, -0.25) is 4.79 Å². The van der Waals surface area contributed by atoms with Gasteiger partial charge in [0.1, 0.15) is 11.5 Å². The van der Waals surface area contributed by atoms with Crippen molar-refractivity contribution >= 4 is 23.2 Å². The van der Waals surface area contributed by atoms with E-state index in [4.69, 9.17) is 21.1 Å². The van der Waals surface area contributed by atoms with E-state index in [-0.39, 0.29) is 5.91 Å². The summed E-state index contributed by atoms with van der Waals surface area (Å²) >= 11 is 6.05. The maximum Gasteiger partial charge on any atom is 0.221 e. The Kier molecular flexibility index (Phi) is 7.84. The van der Waals surface area contributed by atoms with Crippen LogP contribution in [0.25, 0.3) is 0 Å². The lowest BCUT2D eigenvalue weighted by molar-refractivity contribution is -0.120. The molecule has 0 heterocycles. The minimum absolute atomic E-state index is 0.00856. The van der Waals surface area contributed by atoms with Crippen molar-refractivity contribution in [1.29, 1.82) is 0 Å². The van der Waals surface area contributed by atoms with E-state index in [9.17, 15) is 4.79 Å². The number of amides is 1. The summed E-state index contributed by atoms with van der Waals surface area (Å²) in [7, 11) is 7.05. The van der Waals surface area contributed by atoms with Gasteiger partial charge in [0.05, 0.1) is 24.9 Å². The molecule has 0 atom stereocenters. The Balaban J connectivity index is 2.48. The Morgan fingerprint density at radius 1 is 1.18 bits per heavy atom. The number of nitrogens with one attached hydrogen (secondary N) is 2. The first-order chi connectivity index (χ1) is 10.5. The Labute approximate surface area is 136 Å². The van der Waals surface area contributed by atoms with Crippen LogP contribution in [0.3, 0.4) is 0 Å². The number of carbonyl (C=O) groups excluding carboxylic acids is 1. The number of hydrogen-bond donors (Lipinski definition) is 2. The number of nitrogens with zero attached hydrogens (tertiary/aromatic N) is 1. The molecule has 1 aromatic carbocycles. The van der Waals surface area contributed by atoms with Crippen LogP contribution in [0.4, 0.5) is 5.69 Å². The highest BCUT2D eigenvalue weighted by atomic mass is 35.5. The first kappa shape index (κ1) is 18.4. The molecular weight excluding hydrogens is 306 g/mol. The summed E-state index contributed by atoms with van der Waals surface area (Å²) < 4.78 is 10.4. The van der Waals surface area contributed by atoms with Gasteiger partial charge >= 0.3 is 0 Å². The summed E-state index contributed by atoms with van der Waals surface area (Å²) in [5, 5.41) is 6.50. The van der Waals surface area contributed by atoms with Gasteiger partial charge in [-0.15, -0.1) is 0 Å². The van der Waals surface area contributed by atoms with E-state index in [1.165, 1.54) is 0 Å². The van der Waals surface area contributed by atoms with Crippen LogP contribution < -0.4 is 20.1 Å². The first-order valence-corrected chi connectivity index (χ1v) is 7.42. The second-order valence-electron chi connectivity index (χ2n) is 5.02. The van der Waals surface area contributed by atoms with Gasteiger partial charge in [-0.05, 0) is 14.1 Å². The molecule has 0 saturated heterocycles. The SMILES string of the molecule is COc1cc(NCCC(=O)NCCN(C)C)c(OC)cc1Cl. The first-order valence-electron chi connectivity index (χ1n) is 7.04. The average Bonchev–Trinajstić information content (AvgIpc) is 2.47. The molecule has 0 fully saturated rings. The Hall–Kier alpha value is -1.66. The van der Waals surface area contributed by atoms with Crippen molar-refractivity contribution in [3.63, 3.8) is 0 Å². The Morgan fingerprint density at radius 3 is 2.45 bits per heavy atom. The van der Waals surface area contributed by atoms with Gasteiger partial charge in [-0.1, -0.05) is 11.6 Å². The smallest absolute Gasteiger partial charge is 0.221 e. The number of benzene rings is 1. The lowest BCUT2D eigenvalue weighted by atomic mass is 10.2. The fourth-order valence-electron chi connectivity index (χ4n) is 1.82. The van der Waals surface area contributed by atoms with Crippen LogP contribution in [0.15, 0.2) is 12.1 Å². The molecule has 0 bridgehead atoms. The molecule has 0 aliphatic rings. The van der Waals surface area contributed by atoms with Crippen molar-refractivity contribution in [2.45, 2.75) is 6.42 Å². The van der Waals surface area contributed by atoms with E-state index in [1.807, 2.05) is 19.0 Å². The third-order valence-corrected chi connectivity index (χ3v) is 3.32.